The number of aromatic nitrogens is 2. The normalized spacial score (nSPS) is 16.3. The quantitative estimate of drug-likeness (QED) is 0.626. The first-order chi connectivity index (χ1) is 15.4. The lowest BCUT2D eigenvalue weighted by molar-refractivity contribution is -0.118. The molecule has 3 heterocycles. The third-order valence-electron chi connectivity index (χ3n) is 5.93. The first-order valence-corrected chi connectivity index (χ1v) is 10.7. The van der Waals surface area contributed by atoms with Crippen molar-refractivity contribution >= 4 is 45.9 Å². The van der Waals surface area contributed by atoms with Gasteiger partial charge in [0.15, 0.2) is 11.6 Å². The molecule has 0 aliphatic carbocycles. The Bertz CT molecular complexity index is 1280. The van der Waals surface area contributed by atoms with Gasteiger partial charge in [-0.3, -0.25) is 14.5 Å². The summed E-state index contributed by atoms with van der Waals surface area (Å²) in [6.07, 6.45) is 0.545. The lowest BCUT2D eigenvalue weighted by atomic mass is 10.1. The van der Waals surface area contributed by atoms with Crippen molar-refractivity contribution in [1.82, 2.24) is 9.97 Å². The molecule has 162 valence electrons. The zero-order valence-corrected chi connectivity index (χ0v) is 18.4. The first kappa shape index (κ1) is 20.1. The number of hydrogen-bond acceptors (Lipinski definition) is 6. The summed E-state index contributed by atoms with van der Waals surface area (Å²) in [4.78, 5) is 39.4. The van der Waals surface area contributed by atoms with Crippen LogP contribution in [-0.2, 0) is 9.59 Å². The zero-order chi connectivity index (χ0) is 22.4. The van der Waals surface area contributed by atoms with Crippen molar-refractivity contribution in [3.63, 3.8) is 0 Å². The van der Waals surface area contributed by atoms with Crippen molar-refractivity contribution in [1.29, 1.82) is 0 Å². The van der Waals surface area contributed by atoms with Gasteiger partial charge >= 0.3 is 0 Å². The highest BCUT2D eigenvalue weighted by Crippen LogP contribution is 2.32. The molecule has 2 aliphatic heterocycles. The van der Waals surface area contributed by atoms with Crippen molar-refractivity contribution < 1.29 is 9.59 Å². The van der Waals surface area contributed by atoms with Crippen molar-refractivity contribution in [2.75, 3.05) is 34.9 Å². The predicted octanol–water partition coefficient (Wildman–Crippen LogP) is 3.21. The molecule has 32 heavy (non-hydrogen) atoms. The Kier molecular flexibility index (Phi) is 4.84. The summed E-state index contributed by atoms with van der Waals surface area (Å²) in [6.45, 7) is 5.02. The van der Waals surface area contributed by atoms with Gasteiger partial charge < -0.3 is 4.90 Å². The minimum absolute atomic E-state index is 0.111. The van der Waals surface area contributed by atoms with E-state index in [0.717, 1.165) is 22.2 Å². The van der Waals surface area contributed by atoms with Crippen LogP contribution in [0, 0.1) is 13.8 Å². The van der Waals surface area contributed by atoms with E-state index in [4.69, 9.17) is 9.97 Å². The molecule has 0 atom stereocenters. The Morgan fingerprint density at radius 1 is 0.938 bits per heavy atom. The lowest BCUT2D eigenvalue weighted by Crippen LogP contribution is -2.48. The fourth-order valence-corrected chi connectivity index (χ4v) is 4.08. The molecule has 3 aromatic rings. The van der Waals surface area contributed by atoms with Gasteiger partial charge in [-0.15, -0.1) is 0 Å². The molecule has 5 rings (SSSR count). The second kappa shape index (κ2) is 7.71. The third-order valence-corrected chi connectivity index (χ3v) is 5.93. The van der Waals surface area contributed by atoms with Gasteiger partial charge in [-0.1, -0.05) is 24.3 Å². The molecular weight excluding hydrogens is 404 g/mol. The number of carbonyl (C=O) groups is 2. The van der Waals surface area contributed by atoms with Crippen molar-refractivity contribution in [3.05, 3.63) is 53.6 Å². The summed E-state index contributed by atoms with van der Waals surface area (Å²) >= 11 is 0. The molecule has 0 N–H and O–H groups in total. The van der Waals surface area contributed by atoms with Crippen LogP contribution in [0.25, 0.3) is 11.0 Å². The first-order valence-electron chi connectivity index (χ1n) is 10.7. The summed E-state index contributed by atoms with van der Waals surface area (Å²) < 4.78 is 0. The average molecular weight is 428 g/mol. The van der Waals surface area contributed by atoms with Crippen LogP contribution in [0.5, 0.6) is 0 Å². The van der Waals surface area contributed by atoms with Crippen LogP contribution in [0.2, 0.25) is 0 Å². The average Bonchev–Trinajstić information content (AvgIpc) is 2.80. The summed E-state index contributed by atoms with van der Waals surface area (Å²) in [7, 11) is 1.95. The fraction of sp³-hybridized carbons (Fsp3) is 0.292. The number of likely N-dealkylation sites (N-methyl/N-ethyl adjacent to an activating group) is 1. The topological polar surface area (TPSA) is 82.0 Å². The fourth-order valence-electron chi connectivity index (χ4n) is 4.08. The maximum atomic E-state index is 13.6. The minimum Gasteiger partial charge on any atom is -0.355 e. The lowest BCUT2D eigenvalue weighted by Gasteiger charge is -2.34. The molecule has 0 unspecified atom stereocenters. The summed E-state index contributed by atoms with van der Waals surface area (Å²) in [6, 6.07) is 13.5. The molecule has 8 heteroatoms. The molecule has 2 aliphatic rings. The molecule has 0 bridgehead atoms. The third kappa shape index (κ3) is 3.37. The van der Waals surface area contributed by atoms with Crippen molar-refractivity contribution in [2.24, 2.45) is 5.10 Å². The van der Waals surface area contributed by atoms with E-state index in [0.29, 0.717) is 42.5 Å². The molecule has 0 spiro atoms. The number of anilines is 3. The van der Waals surface area contributed by atoms with Crippen LogP contribution >= 0.6 is 0 Å². The summed E-state index contributed by atoms with van der Waals surface area (Å²) in [5, 5.41) is 5.89. The van der Waals surface area contributed by atoms with Gasteiger partial charge in [0.2, 0.25) is 5.91 Å². The van der Waals surface area contributed by atoms with E-state index < -0.39 is 0 Å². The van der Waals surface area contributed by atoms with Gasteiger partial charge in [-0.2, -0.15) is 5.10 Å². The summed E-state index contributed by atoms with van der Waals surface area (Å²) in [5.74, 6) is 0.856. The Hall–Kier alpha value is -3.81. The molecule has 0 saturated heterocycles. The molecule has 1 aromatic heterocycles. The van der Waals surface area contributed by atoms with E-state index in [1.807, 2.05) is 68.3 Å². The Morgan fingerprint density at radius 2 is 1.66 bits per heavy atom. The van der Waals surface area contributed by atoms with Crippen LogP contribution in [-0.4, -0.2) is 47.6 Å². The van der Waals surface area contributed by atoms with E-state index in [1.165, 1.54) is 5.01 Å². The Morgan fingerprint density at radius 3 is 2.41 bits per heavy atom. The largest absolute Gasteiger partial charge is 0.355 e. The standard InChI is InChI=1S/C24H24N6O2/c1-15-8-9-16(2)20(14-15)30-21(31)11-10-19(27-30)24(32)29-13-12-28(3)22-23(29)26-18-7-5-4-6-17(18)25-22/h4-9,14H,10-13H2,1-3H3. The Balaban J connectivity index is 1.54. The van der Waals surface area contributed by atoms with Gasteiger partial charge in [0.25, 0.3) is 5.91 Å². The Labute approximate surface area is 186 Å². The molecule has 0 saturated carbocycles. The van der Waals surface area contributed by atoms with E-state index in [9.17, 15) is 9.59 Å². The summed E-state index contributed by atoms with van der Waals surface area (Å²) in [5.41, 5.74) is 4.55. The molecule has 2 amide bonds. The molecule has 8 nitrogen and oxygen atoms in total. The second-order valence-corrected chi connectivity index (χ2v) is 8.28. The number of amides is 2. The van der Waals surface area contributed by atoms with E-state index in [-0.39, 0.29) is 18.2 Å². The molecule has 0 radical (unpaired) electrons. The molecule has 2 aromatic carbocycles. The van der Waals surface area contributed by atoms with Crippen LogP contribution < -0.4 is 14.8 Å². The maximum Gasteiger partial charge on any atom is 0.275 e. The van der Waals surface area contributed by atoms with Crippen LogP contribution in [0.1, 0.15) is 24.0 Å². The smallest absolute Gasteiger partial charge is 0.275 e. The van der Waals surface area contributed by atoms with Gasteiger partial charge in [-0.05, 0) is 43.2 Å². The number of para-hydroxylation sites is 2. The molecule has 0 fully saturated rings. The minimum atomic E-state index is -0.230. The van der Waals surface area contributed by atoms with Gasteiger partial charge in [0.1, 0.15) is 5.71 Å². The van der Waals surface area contributed by atoms with E-state index >= 15 is 0 Å². The number of benzene rings is 2. The number of nitrogens with zero attached hydrogens (tertiary/aromatic N) is 6. The number of hydrogen-bond donors (Lipinski definition) is 0. The van der Waals surface area contributed by atoms with Crippen molar-refractivity contribution in [2.45, 2.75) is 26.7 Å². The SMILES string of the molecule is Cc1ccc(C)c(N2N=C(C(=O)N3CCN(C)c4nc5ccccc5nc43)CCC2=O)c1. The highest BCUT2D eigenvalue weighted by Gasteiger charge is 2.34. The van der Waals surface area contributed by atoms with Gasteiger partial charge in [-0.25, -0.2) is 15.0 Å². The zero-order valence-electron chi connectivity index (χ0n) is 18.4. The number of carbonyl (C=O) groups excluding carboxylic acids is 2. The van der Waals surface area contributed by atoms with Gasteiger partial charge in [0.05, 0.1) is 16.7 Å². The number of fused-ring (bicyclic) bond motifs is 2. The second-order valence-electron chi connectivity index (χ2n) is 8.28. The van der Waals surface area contributed by atoms with E-state index in [1.54, 1.807) is 4.90 Å². The van der Waals surface area contributed by atoms with Crippen molar-refractivity contribution in [3.8, 4) is 0 Å². The van der Waals surface area contributed by atoms with Gasteiger partial charge in [0, 0.05) is 33.0 Å². The highest BCUT2D eigenvalue weighted by molar-refractivity contribution is 6.45. The predicted molar refractivity (Wildman–Crippen MR) is 125 cm³/mol. The maximum absolute atomic E-state index is 13.6. The number of hydrazone groups is 1. The van der Waals surface area contributed by atoms with Crippen LogP contribution in [0.4, 0.5) is 17.3 Å². The monoisotopic (exact) mass is 428 g/mol. The van der Waals surface area contributed by atoms with E-state index in [2.05, 4.69) is 5.10 Å². The number of rotatable bonds is 2. The number of aryl methyl sites for hydroxylation is 2. The van der Waals surface area contributed by atoms with Crippen LogP contribution in [0.15, 0.2) is 47.6 Å². The molecular formula is C24H24N6O2. The van der Waals surface area contributed by atoms with Crippen LogP contribution in [0.3, 0.4) is 0 Å². The highest BCUT2D eigenvalue weighted by atomic mass is 16.2.